The number of thioether (sulfide) groups is 1. The summed E-state index contributed by atoms with van der Waals surface area (Å²) in [5.74, 6) is 2.84. The summed E-state index contributed by atoms with van der Waals surface area (Å²) >= 11 is 12.8. The van der Waals surface area contributed by atoms with Crippen LogP contribution in [0.4, 0.5) is 5.69 Å². The summed E-state index contributed by atoms with van der Waals surface area (Å²) in [4.78, 5) is 0. The fraction of sp³-hybridized carbons (Fsp3) is 0.214. The Morgan fingerprint density at radius 3 is 2.75 bits per heavy atom. The molecule has 2 aromatic rings. The maximum absolute atomic E-state index is 5.82. The van der Waals surface area contributed by atoms with Crippen molar-refractivity contribution in [1.29, 1.82) is 0 Å². The molecule has 1 aromatic carbocycles. The first-order chi connectivity index (χ1) is 9.74. The van der Waals surface area contributed by atoms with Gasteiger partial charge in [0.05, 0.1) is 12.0 Å². The van der Waals surface area contributed by atoms with Gasteiger partial charge in [-0.05, 0) is 48.6 Å². The molecule has 0 unspecified atom stereocenters. The van der Waals surface area contributed by atoms with Gasteiger partial charge in [0.15, 0.2) is 5.11 Å². The van der Waals surface area contributed by atoms with E-state index in [4.69, 9.17) is 28.2 Å². The lowest BCUT2D eigenvalue weighted by molar-refractivity contribution is 0.530. The van der Waals surface area contributed by atoms with E-state index in [1.54, 1.807) is 18.0 Å². The van der Waals surface area contributed by atoms with Gasteiger partial charge in [-0.2, -0.15) is 11.8 Å². The van der Waals surface area contributed by atoms with Gasteiger partial charge in [-0.25, -0.2) is 0 Å². The van der Waals surface area contributed by atoms with Crippen molar-refractivity contribution in [3.05, 3.63) is 53.4 Å². The van der Waals surface area contributed by atoms with Crippen LogP contribution in [0.3, 0.4) is 0 Å². The van der Waals surface area contributed by atoms with E-state index in [0.717, 1.165) is 29.5 Å². The normalized spacial score (nSPS) is 10.2. The SMILES string of the molecule is S=C(NCCSCc1ccco1)Nc1ccc(Cl)cc1. The van der Waals surface area contributed by atoms with E-state index in [2.05, 4.69) is 10.6 Å². The highest BCUT2D eigenvalue weighted by Crippen LogP contribution is 2.13. The van der Waals surface area contributed by atoms with Gasteiger partial charge in [0, 0.05) is 23.0 Å². The summed E-state index contributed by atoms with van der Waals surface area (Å²) in [7, 11) is 0. The molecule has 0 bridgehead atoms. The van der Waals surface area contributed by atoms with Crippen molar-refractivity contribution in [2.24, 2.45) is 0 Å². The van der Waals surface area contributed by atoms with Crippen LogP contribution in [0.5, 0.6) is 0 Å². The van der Waals surface area contributed by atoms with Crippen LogP contribution < -0.4 is 10.6 Å². The standard InChI is InChI=1S/C14H15ClN2OS2/c15-11-3-5-12(6-4-11)17-14(19)16-7-9-20-10-13-2-1-8-18-13/h1-6,8H,7,9-10H2,(H2,16,17,19). The van der Waals surface area contributed by atoms with Crippen LogP contribution in [-0.4, -0.2) is 17.4 Å². The molecule has 6 heteroatoms. The highest BCUT2D eigenvalue weighted by atomic mass is 35.5. The molecule has 2 N–H and O–H groups in total. The summed E-state index contributed by atoms with van der Waals surface area (Å²) in [6.07, 6.45) is 1.69. The number of nitrogens with one attached hydrogen (secondary N) is 2. The number of furan rings is 1. The van der Waals surface area contributed by atoms with Crippen LogP contribution in [0.15, 0.2) is 47.1 Å². The van der Waals surface area contributed by atoms with Gasteiger partial charge in [0.1, 0.15) is 5.76 Å². The van der Waals surface area contributed by atoms with Crippen molar-refractivity contribution in [1.82, 2.24) is 5.32 Å². The predicted octanol–water partition coefficient (Wildman–Crippen LogP) is 4.15. The number of rotatable bonds is 6. The van der Waals surface area contributed by atoms with Crippen LogP contribution >= 0.6 is 35.6 Å². The molecule has 3 nitrogen and oxygen atoms in total. The van der Waals surface area contributed by atoms with Crippen molar-refractivity contribution in [3.8, 4) is 0 Å². The summed E-state index contributed by atoms with van der Waals surface area (Å²) in [5.41, 5.74) is 0.926. The number of hydrogen-bond donors (Lipinski definition) is 2. The Hall–Kier alpha value is -1.17. The Kier molecular flexibility index (Phi) is 6.24. The van der Waals surface area contributed by atoms with E-state index in [-0.39, 0.29) is 0 Å². The summed E-state index contributed by atoms with van der Waals surface area (Å²) in [5, 5.41) is 7.60. The third kappa shape index (κ3) is 5.45. The van der Waals surface area contributed by atoms with Crippen molar-refractivity contribution in [2.45, 2.75) is 5.75 Å². The van der Waals surface area contributed by atoms with Crippen LogP contribution in [0.1, 0.15) is 5.76 Å². The molecule has 0 atom stereocenters. The maximum Gasteiger partial charge on any atom is 0.170 e. The predicted molar refractivity (Wildman–Crippen MR) is 90.5 cm³/mol. The number of benzene rings is 1. The Balaban J connectivity index is 1.59. The lowest BCUT2D eigenvalue weighted by atomic mass is 10.3. The zero-order valence-corrected chi connectivity index (χ0v) is 13.2. The van der Waals surface area contributed by atoms with Crippen LogP contribution in [0, 0.1) is 0 Å². The van der Waals surface area contributed by atoms with Crippen LogP contribution in [0.2, 0.25) is 5.02 Å². The highest BCUT2D eigenvalue weighted by Gasteiger charge is 1.99. The van der Waals surface area contributed by atoms with E-state index in [0.29, 0.717) is 10.1 Å². The zero-order valence-electron chi connectivity index (χ0n) is 10.8. The number of halogens is 1. The van der Waals surface area contributed by atoms with Gasteiger partial charge in [0.25, 0.3) is 0 Å². The molecule has 1 heterocycles. The first kappa shape index (κ1) is 15.2. The minimum Gasteiger partial charge on any atom is -0.468 e. The van der Waals surface area contributed by atoms with E-state index in [9.17, 15) is 0 Å². The molecule has 0 aliphatic carbocycles. The lowest BCUT2D eigenvalue weighted by Gasteiger charge is -2.10. The topological polar surface area (TPSA) is 37.2 Å². The third-order valence-corrected chi connectivity index (χ3v) is 3.94. The fourth-order valence-electron chi connectivity index (χ4n) is 1.51. The van der Waals surface area contributed by atoms with Crippen molar-refractivity contribution >= 4 is 46.4 Å². The first-order valence-corrected chi connectivity index (χ1v) is 8.09. The highest BCUT2D eigenvalue weighted by molar-refractivity contribution is 7.98. The molecule has 0 aliphatic rings. The average molecular weight is 327 g/mol. The smallest absolute Gasteiger partial charge is 0.170 e. The maximum atomic E-state index is 5.82. The Morgan fingerprint density at radius 2 is 2.05 bits per heavy atom. The van der Waals surface area contributed by atoms with E-state index < -0.39 is 0 Å². The zero-order chi connectivity index (χ0) is 14.2. The van der Waals surface area contributed by atoms with Gasteiger partial charge in [-0.1, -0.05) is 11.6 Å². The van der Waals surface area contributed by atoms with Crippen molar-refractivity contribution in [2.75, 3.05) is 17.6 Å². The quantitative estimate of drug-likeness (QED) is 0.616. The monoisotopic (exact) mass is 326 g/mol. The van der Waals surface area contributed by atoms with E-state index >= 15 is 0 Å². The molecular weight excluding hydrogens is 312 g/mol. The van der Waals surface area contributed by atoms with Gasteiger partial charge in [0.2, 0.25) is 0 Å². The molecule has 106 valence electrons. The van der Waals surface area contributed by atoms with Crippen LogP contribution in [-0.2, 0) is 5.75 Å². The minimum atomic E-state index is 0.617. The Morgan fingerprint density at radius 1 is 1.25 bits per heavy atom. The fourth-order valence-corrected chi connectivity index (χ4v) is 2.61. The molecule has 0 aliphatic heterocycles. The second kappa shape index (κ2) is 8.19. The minimum absolute atomic E-state index is 0.617. The largest absolute Gasteiger partial charge is 0.468 e. The summed E-state index contributed by atoms with van der Waals surface area (Å²) in [6, 6.07) is 11.3. The molecule has 0 saturated carbocycles. The molecule has 20 heavy (non-hydrogen) atoms. The molecule has 0 fully saturated rings. The summed E-state index contributed by atoms with van der Waals surface area (Å²) < 4.78 is 5.26. The molecule has 0 saturated heterocycles. The third-order valence-electron chi connectivity index (χ3n) is 2.46. The average Bonchev–Trinajstić information content (AvgIpc) is 2.94. The lowest BCUT2D eigenvalue weighted by Crippen LogP contribution is -2.30. The molecule has 0 spiro atoms. The second-order valence-electron chi connectivity index (χ2n) is 4.02. The number of hydrogen-bond acceptors (Lipinski definition) is 3. The molecule has 2 rings (SSSR count). The first-order valence-electron chi connectivity index (χ1n) is 6.14. The molecule has 0 radical (unpaired) electrons. The molecule has 1 aromatic heterocycles. The van der Waals surface area contributed by atoms with Crippen LogP contribution in [0.25, 0.3) is 0 Å². The van der Waals surface area contributed by atoms with E-state index in [1.807, 2.05) is 36.4 Å². The number of thiocarbonyl (C=S) groups is 1. The van der Waals surface area contributed by atoms with Crippen molar-refractivity contribution in [3.63, 3.8) is 0 Å². The summed E-state index contributed by atoms with van der Waals surface area (Å²) in [6.45, 7) is 0.810. The van der Waals surface area contributed by atoms with Crippen molar-refractivity contribution < 1.29 is 4.42 Å². The Bertz CT molecular complexity index is 529. The van der Waals surface area contributed by atoms with Gasteiger partial charge in [-0.15, -0.1) is 0 Å². The molecule has 0 amide bonds. The second-order valence-corrected chi connectivity index (χ2v) is 5.97. The van der Waals surface area contributed by atoms with Gasteiger partial charge < -0.3 is 15.1 Å². The van der Waals surface area contributed by atoms with Gasteiger partial charge in [-0.3, -0.25) is 0 Å². The molecular formula is C14H15ClN2OS2. The van der Waals surface area contributed by atoms with E-state index in [1.165, 1.54) is 0 Å². The Labute approximate surface area is 133 Å². The number of anilines is 1. The van der Waals surface area contributed by atoms with Gasteiger partial charge >= 0.3 is 0 Å².